The summed E-state index contributed by atoms with van der Waals surface area (Å²) in [6.07, 6.45) is 0. The van der Waals surface area contributed by atoms with Gasteiger partial charge >= 0.3 is 5.97 Å². The molecule has 0 bridgehead atoms. The van der Waals surface area contributed by atoms with Crippen LogP contribution in [0.15, 0.2) is 10.3 Å². The average Bonchev–Trinajstić information content (AvgIpc) is 2.93. The van der Waals surface area contributed by atoms with E-state index in [1.54, 1.807) is 12.3 Å². The highest BCUT2D eigenvalue weighted by atomic mass is 35.5. The third kappa shape index (κ3) is 3.24. The normalized spacial score (nSPS) is 22.9. The molecular weight excluding hydrogens is 336 g/mol. The Balaban J connectivity index is 0.00000220. The summed E-state index contributed by atoms with van der Waals surface area (Å²) in [5.41, 5.74) is 6.44. The van der Waals surface area contributed by atoms with Crippen LogP contribution < -0.4 is 5.73 Å². The Morgan fingerprint density at radius 1 is 1.48 bits per heavy atom. The van der Waals surface area contributed by atoms with E-state index in [0.29, 0.717) is 12.1 Å². The molecule has 1 aromatic heterocycles. The molecular formula is C12H19ClN2O4S2. The standard InChI is InChI=1S/C12H18N2O4S2.ClH/c1-7-4-14(5-9(7)13)20(16,17)11-8(2)6-19-10(11)12(15)18-3;/h6-7,9H,4-5,13H2,1-3H3;1H. The maximum Gasteiger partial charge on any atom is 0.349 e. The number of hydrogen-bond acceptors (Lipinski definition) is 6. The van der Waals surface area contributed by atoms with Gasteiger partial charge in [0.25, 0.3) is 0 Å². The average molecular weight is 355 g/mol. The van der Waals surface area contributed by atoms with Gasteiger partial charge in [-0.05, 0) is 23.8 Å². The number of aryl methyl sites for hydroxylation is 1. The van der Waals surface area contributed by atoms with Crippen molar-refractivity contribution in [2.24, 2.45) is 11.7 Å². The van der Waals surface area contributed by atoms with E-state index < -0.39 is 16.0 Å². The maximum atomic E-state index is 12.7. The summed E-state index contributed by atoms with van der Waals surface area (Å²) >= 11 is 1.08. The van der Waals surface area contributed by atoms with Crippen molar-refractivity contribution in [1.82, 2.24) is 4.31 Å². The first kappa shape index (κ1) is 18.4. The van der Waals surface area contributed by atoms with Crippen molar-refractivity contribution in [3.8, 4) is 0 Å². The quantitative estimate of drug-likeness (QED) is 0.824. The molecule has 0 aliphatic carbocycles. The zero-order valence-electron chi connectivity index (χ0n) is 12.0. The van der Waals surface area contributed by atoms with Gasteiger partial charge in [0.2, 0.25) is 10.0 Å². The van der Waals surface area contributed by atoms with Crippen LogP contribution in [0.1, 0.15) is 22.2 Å². The van der Waals surface area contributed by atoms with Crippen LogP contribution in [0.25, 0.3) is 0 Å². The first-order valence-corrected chi connectivity index (χ1v) is 8.53. The molecule has 2 atom stereocenters. The molecule has 1 aliphatic heterocycles. The lowest BCUT2D eigenvalue weighted by atomic mass is 10.1. The lowest BCUT2D eigenvalue weighted by Crippen LogP contribution is -2.33. The fourth-order valence-corrected chi connectivity index (χ4v) is 5.50. The lowest BCUT2D eigenvalue weighted by Gasteiger charge is -2.17. The summed E-state index contributed by atoms with van der Waals surface area (Å²) in [7, 11) is -2.48. The second kappa shape index (κ2) is 6.62. The van der Waals surface area contributed by atoms with E-state index in [2.05, 4.69) is 4.74 Å². The highest BCUT2D eigenvalue weighted by Gasteiger charge is 2.38. The van der Waals surface area contributed by atoms with Crippen molar-refractivity contribution in [2.75, 3.05) is 20.2 Å². The number of sulfonamides is 1. The number of carbonyl (C=O) groups excluding carboxylic acids is 1. The molecule has 2 heterocycles. The third-order valence-electron chi connectivity index (χ3n) is 3.52. The van der Waals surface area contributed by atoms with Gasteiger partial charge in [-0.2, -0.15) is 4.31 Å². The zero-order chi connectivity index (χ0) is 15.1. The number of carbonyl (C=O) groups is 1. The summed E-state index contributed by atoms with van der Waals surface area (Å²) in [6.45, 7) is 4.25. The second-order valence-corrected chi connectivity index (χ2v) is 7.79. The van der Waals surface area contributed by atoms with Crippen LogP contribution in [-0.4, -0.2) is 44.9 Å². The predicted octanol–water partition coefficient (Wildman–Crippen LogP) is 1.23. The van der Waals surface area contributed by atoms with Crippen molar-refractivity contribution in [2.45, 2.75) is 24.8 Å². The Hall–Kier alpha value is -0.670. The highest BCUT2D eigenvalue weighted by Crippen LogP contribution is 2.32. The van der Waals surface area contributed by atoms with Crippen molar-refractivity contribution in [3.63, 3.8) is 0 Å². The largest absolute Gasteiger partial charge is 0.465 e. The summed E-state index contributed by atoms with van der Waals surface area (Å²) in [6, 6.07) is -0.176. The first-order chi connectivity index (χ1) is 9.28. The minimum absolute atomic E-state index is 0. The molecule has 0 radical (unpaired) electrons. The summed E-state index contributed by atoms with van der Waals surface area (Å²) < 4.78 is 31.4. The van der Waals surface area contributed by atoms with Crippen molar-refractivity contribution < 1.29 is 17.9 Å². The molecule has 21 heavy (non-hydrogen) atoms. The van der Waals surface area contributed by atoms with Gasteiger partial charge in [-0.1, -0.05) is 6.92 Å². The van der Waals surface area contributed by atoms with E-state index in [4.69, 9.17) is 5.73 Å². The van der Waals surface area contributed by atoms with Crippen molar-refractivity contribution in [3.05, 3.63) is 15.8 Å². The van der Waals surface area contributed by atoms with Crippen molar-refractivity contribution in [1.29, 1.82) is 0 Å². The van der Waals surface area contributed by atoms with Gasteiger partial charge in [0, 0.05) is 19.1 Å². The Morgan fingerprint density at radius 2 is 2.10 bits per heavy atom. The Kier molecular flexibility index (Phi) is 5.79. The summed E-state index contributed by atoms with van der Waals surface area (Å²) in [5.74, 6) is -0.525. The van der Waals surface area contributed by atoms with Crippen LogP contribution in [0.2, 0.25) is 0 Å². The Morgan fingerprint density at radius 3 is 2.57 bits per heavy atom. The Labute approximate surface area is 134 Å². The molecule has 2 rings (SSSR count). The topological polar surface area (TPSA) is 89.7 Å². The highest BCUT2D eigenvalue weighted by molar-refractivity contribution is 7.89. The van der Waals surface area contributed by atoms with Crippen LogP contribution in [0, 0.1) is 12.8 Å². The van der Waals surface area contributed by atoms with Crippen LogP contribution in [0.5, 0.6) is 0 Å². The number of esters is 1. The van der Waals surface area contributed by atoms with E-state index in [9.17, 15) is 13.2 Å². The predicted molar refractivity (Wildman–Crippen MR) is 83.5 cm³/mol. The number of hydrogen-bond donors (Lipinski definition) is 1. The zero-order valence-corrected chi connectivity index (χ0v) is 14.5. The van der Waals surface area contributed by atoms with E-state index in [-0.39, 0.29) is 40.7 Å². The molecule has 120 valence electrons. The fraction of sp³-hybridized carbons (Fsp3) is 0.583. The maximum absolute atomic E-state index is 12.7. The number of thiophene rings is 1. The van der Waals surface area contributed by atoms with Crippen molar-refractivity contribution >= 4 is 39.7 Å². The van der Waals surface area contributed by atoms with Gasteiger partial charge in [-0.15, -0.1) is 23.7 Å². The van der Waals surface area contributed by atoms with E-state index in [0.717, 1.165) is 11.3 Å². The van der Waals surface area contributed by atoms with Crippen LogP contribution >= 0.6 is 23.7 Å². The van der Waals surface area contributed by atoms with Gasteiger partial charge in [0.05, 0.1) is 7.11 Å². The minimum Gasteiger partial charge on any atom is -0.465 e. The van der Waals surface area contributed by atoms with Gasteiger partial charge in [-0.25, -0.2) is 13.2 Å². The molecule has 2 unspecified atom stereocenters. The molecule has 1 aliphatic rings. The number of rotatable bonds is 3. The molecule has 1 saturated heterocycles. The second-order valence-electron chi connectivity index (χ2n) is 5.03. The number of nitrogens with two attached hydrogens (primary N) is 1. The molecule has 0 saturated carbocycles. The van der Waals surface area contributed by atoms with Gasteiger partial charge in [-0.3, -0.25) is 0 Å². The van der Waals surface area contributed by atoms with Crippen LogP contribution in [0.3, 0.4) is 0 Å². The molecule has 1 fully saturated rings. The third-order valence-corrected chi connectivity index (χ3v) is 6.75. The Bertz CT molecular complexity index is 619. The number of ether oxygens (including phenoxy) is 1. The smallest absolute Gasteiger partial charge is 0.349 e. The molecule has 9 heteroatoms. The first-order valence-electron chi connectivity index (χ1n) is 6.21. The monoisotopic (exact) mass is 354 g/mol. The van der Waals surface area contributed by atoms with Gasteiger partial charge in [0.15, 0.2) is 0 Å². The molecule has 1 aromatic rings. The number of halogens is 1. The lowest BCUT2D eigenvalue weighted by molar-refractivity contribution is 0.0602. The van der Waals surface area contributed by atoms with Gasteiger partial charge < -0.3 is 10.5 Å². The molecule has 0 amide bonds. The minimum atomic E-state index is -3.71. The molecule has 0 aromatic carbocycles. The molecule has 2 N–H and O–H groups in total. The summed E-state index contributed by atoms with van der Waals surface area (Å²) in [5, 5.41) is 1.65. The number of nitrogens with zero attached hydrogens (tertiary/aromatic N) is 1. The fourth-order valence-electron chi connectivity index (χ4n) is 2.26. The molecule has 0 spiro atoms. The van der Waals surface area contributed by atoms with Crippen LogP contribution in [0.4, 0.5) is 0 Å². The van der Waals surface area contributed by atoms with Crippen LogP contribution in [-0.2, 0) is 14.8 Å². The van der Waals surface area contributed by atoms with E-state index in [1.165, 1.54) is 11.4 Å². The van der Waals surface area contributed by atoms with E-state index >= 15 is 0 Å². The SMILES string of the molecule is COC(=O)c1scc(C)c1S(=O)(=O)N1CC(C)C(N)C1.Cl. The molecule has 6 nitrogen and oxygen atoms in total. The number of methoxy groups -OCH3 is 1. The van der Waals surface area contributed by atoms with Gasteiger partial charge in [0.1, 0.15) is 9.77 Å². The van der Waals surface area contributed by atoms with E-state index in [1.807, 2.05) is 6.92 Å². The summed E-state index contributed by atoms with van der Waals surface area (Å²) in [4.78, 5) is 11.9.